The van der Waals surface area contributed by atoms with Gasteiger partial charge in [0.25, 0.3) is 0 Å². The molecule has 3 heterocycles. The largest absolute Gasteiger partial charge is 0.394 e. The van der Waals surface area contributed by atoms with E-state index in [9.17, 15) is 15.3 Å². The first-order valence-electron chi connectivity index (χ1n) is 8.64. The van der Waals surface area contributed by atoms with Crippen LogP contribution in [0.3, 0.4) is 0 Å². The van der Waals surface area contributed by atoms with Crippen LogP contribution in [0.15, 0.2) is 12.7 Å². The summed E-state index contributed by atoms with van der Waals surface area (Å²) in [5, 5.41) is 33.3. The highest BCUT2D eigenvalue weighted by Crippen LogP contribution is 2.37. The third-order valence-electron chi connectivity index (χ3n) is 5.33. The molecule has 25 heavy (non-hydrogen) atoms. The van der Waals surface area contributed by atoms with Crippen LogP contribution in [0.5, 0.6) is 0 Å². The zero-order valence-corrected chi connectivity index (χ0v) is 14.0. The van der Waals surface area contributed by atoms with Crippen LogP contribution in [0.1, 0.15) is 32.6 Å². The van der Waals surface area contributed by atoms with E-state index in [1.165, 1.54) is 25.5 Å². The number of hydrogen-bond donors (Lipinski definition) is 4. The number of nitrogens with one attached hydrogen (secondary N) is 1. The monoisotopic (exact) mass is 349 g/mol. The van der Waals surface area contributed by atoms with E-state index in [1.807, 2.05) is 0 Å². The summed E-state index contributed by atoms with van der Waals surface area (Å²) in [7, 11) is 0. The van der Waals surface area contributed by atoms with Crippen molar-refractivity contribution in [3.63, 3.8) is 0 Å². The molecular weight excluding hydrogens is 326 g/mol. The summed E-state index contributed by atoms with van der Waals surface area (Å²) in [5.74, 6) is 0.658. The highest BCUT2D eigenvalue weighted by atomic mass is 16.6. The number of rotatable bonds is 4. The van der Waals surface area contributed by atoms with Gasteiger partial charge in [0.05, 0.1) is 12.9 Å². The van der Waals surface area contributed by atoms with E-state index < -0.39 is 24.0 Å². The second-order valence-electron chi connectivity index (χ2n) is 6.96. The highest BCUT2D eigenvalue weighted by molar-refractivity contribution is 5.83. The minimum Gasteiger partial charge on any atom is -0.394 e. The quantitative estimate of drug-likeness (QED) is 0.606. The molecule has 0 spiro atoms. The summed E-state index contributed by atoms with van der Waals surface area (Å²) >= 11 is 0. The number of imidazole rings is 1. The van der Waals surface area contributed by atoms with Crippen molar-refractivity contribution in [3.05, 3.63) is 12.7 Å². The first kappa shape index (κ1) is 16.6. The lowest BCUT2D eigenvalue weighted by molar-refractivity contribution is -0.132. The second-order valence-corrected chi connectivity index (χ2v) is 6.96. The Bertz CT molecular complexity index is 762. The second kappa shape index (κ2) is 6.17. The Kier molecular flexibility index (Phi) is 4.11. The SMILES string of the molecule is CC1(n2cnc3c(NC4CCCC4)ncnc32)O[C@H](CO)[C@@H](O)[C@H]1O. The van der Waals surface area contributed by atoms with Crippen LogP contribution < -0.4 is 5.32 Å². The van der Waals surface area contributed by atoms with Gasteiger partial charge in [-0.25, -0.2) is 15.0 Å². The Hall–Kier alpha value is -1.81. The van der Waals surface area contributed by atoms with Gasteiger partial charge in [0.1, 0.15) is 24.6 Å². The Labute approximate surface area is 144 Å². The average molecular weight is 349 g/mol. The van der Waals surface area contributed by atoms with Crippen molar-refractivity contribution in [2.24, 2.45) is 0 Å². The Morgan fingerprint density at radius 2 is 2.04 bits per heavy atom. The lowest BCUT2D eigenvalue weighted by atomic mass is 10.0. The van der Waals surface area contributed by atoms with Crippen molar-refractivity contribution in [2.45, 2.75) is 62.7 Å². The molecule has 2 fully saturated rings. The fourth-order valence-electron chi connectivity index (χ4n) is 3.84. The minimum absolute atomic E-state index is 0.382. The van der Waals surface area contributed by atoms with Crippen LogP contribution in [-0.2, 0) is 10.5 Å². The maximum absolute atomic E-state index is 10.5. The van der Waals surface area contributed by atoms with Crippen LogP contribution in [0.2, 0.25) is 0 Å². The van der Waals surface area contributed by atoms with Gasteiger partial charge in [0.15, 0.2) is 22.7 Å². The van der Waals surface area contributed by atoms with Crippen molar-refractivity contribution in [1.82, 2.24) is 19.5 Å². The van der Waals surface area contributed by atoms with Crippen LogP contribution in [0.4, 0.5) is 5.82 Å². The third-order valence-corrected chi connectivity index (χ3v) is 5.33. The fraction of sp³-hybridized carbons (Fsp3) is 0.688. The van der Waals surface area contributed by atoms with Gasteiger partial charge in [-0.2, -0.15) is 0 Å². The van der Waals surface area contributed by atoms with E-state index in [1.54, 1.807) is 11.5 Å². The molecule has 0 amide bonds. The van der Waals surface area contributed by atoms with Crippen LogP contribution in [0.25, 0.3) is 11.2 Å². The molecule has 9 nitrogen and oxygen atoms in total. The predicted octanol–water partition coefficient (Wildman–Crippen LogP) is -0.0336. The standard InChI is InChI=1S/C16H23N5O4/c1-16(13(24)12(23)10(6-22)25-16)21-8-19-11-14(17-7-18-15(11)21)20-9-4-2-3-5-9/h7-10,12-13,22-24H,2-6H2,1H3,(H,17,18,20)/t10-,12-,13-,16?/m1/s1. The molecule has 1 saturated carbocycles. The number of aliphatic hydroxyl groups excluding tert-OH is 3. The van der Waals surface area contributed by atoms with Crippen LogP contribution >= 0.6 is 0 Å². The Morgan fingerprint density at radius 1 is 1.28 bits per heavy atom. The molecular formula is C16H23N5O4. The molecule has 2 aliphatic rings. The number of aromatic nitrogens is 4. The lowest BCUT2D eigenvalue weighted by Gasteiger charge is -2.29. The maximum Gasteiger partial charge on any atom is 0.173 e. The zero-order valence-electron chi connectivity index (χ0n) is 14.0. The van der Waals surface area contributed by atoms with Crippen molar-refractivity contribution in [3.8, 4) is 0 Å². The molecule has 9 heteroatoms. The van der Waals surface area contributed by atoms with Gasteiger partial charge in [0.2, 0.25) is 0 Å². The maximum atomic E-state index is 10.5. The molecule has 4 atom stereocenters. The van der Waals surface area contributed by atoms with Crippen molar-refractivity contribution in [1.29, 1.82) is 0 Å². The van der Waals surface area contributed by atoms with Gasteiger partial charge in [0, 0.05) is 6.04 Å². The molecule has 1 aliphatic carbocycles. The number of nitrogens with zero attached hydrogens (tertiary/aromatic N) is 4. The molecule has 136 valence electrons. The predicted molar refractivity (Wildman–Crippen MR) is 88.8 cm³/mol. The minimum atomic E-state index is -1.28. The van der Waals surface area contributed by atoms with Gasteiger partial charge in [-0.3, -0.25) is 4.57 Å². The Balaban J connectivity index is 1.71. The highest BCUT2D eigenvalue weighted by Gasteiger charge is 2.52. The topological polar surface area (TPSA) is 126 Å². The van der Waals surface area contributed by atoms with E-state index in [0.717, 1.165) is 12.8 Å². The molecule has 4 rings (SSSR count). The van der Waals surface area contributed by atoms with Crippen LogP contribution in [0, 0.1) is 0 Å². The van der Waals surface area contributed by atoms with Crippen molar-refractivity contribution in [2.75, 3.05) is 11.9 Å². The summed E-state index contributed by atoms with van der Waals surface area (Å²) in [4.78, 5) is 13.0. The van der Waals surface area contributed by atoms with E-state index in [4.69, 9.17) is 4.74 Å². The van der Waals surface area contributed by atoms with Gasteiger partial charge in [-0.1, -0.05) is 12.8 Å². The third kappa shape index (κ3) is 2.58. The molecule has 0 bridgehead atoms. The molecule has 2 aromatic rings. The van der Waals surface area contributed by atoms with E-state index in [-0.39, 0.29) is 6.61 Å². The first-order chi connectivity index (χ1) is 12.0. The summed E-state index contributed by atoms with van der Waals surface area (Å²) < 4.78 is 7.33. The summed E-state index contributed by atoms with van der Waals surface area (Å²) in [6.45, 7) is 1.26. The summed E-state index contributed by atoms with van der Waals surface area (Å²) in [5.41, 5.74) is -0.184. The van der Waals surface area contributed by atoms with Gasteiger partial charge >= 0.3 is 0 Å². The van der Waals surface area contributed by atoms with E-state index >= 15 is 0 Å². The summed E-state index contributed by atoms with van der Waals surface area (Å²) in [6.07, 6.45) is 4.32. The average Bonchev–Trinajstić information content (AvgIpc) is 3.32. The number of hydrogen-bond acceptors (Lipinski definition) is 8. The molecule has 0 aromatic carbocycles. The van der Waals surface area contributed by atoms with Crippen molar-refractivity contribution < 1.29 is 20.1 Å². The number of ether oxygens (including phenoxy) is 1. The normalized spacial score (nSPS) is 33.4. The van der Waals surface area contributed by atoms with Gasteiger partial charge < -0.3 is 25.4 Å². The number of anilines is 1. The van der Waals surface area contributed by atoms with E-state index in [2.05, 4.69) is 20.3 Å². The molecule has 0 radical (unpaired) electrons. The molecule has 1 saturated heterocycles. The Morgan fingerprint density at radius 3 is 2.72 bits per heavy atom. The molecule has 4 N–H and O–H groups in total. The van der Waals surface area contributed by atoms with Crippen molar-refractivity contribution >= 4 is 17.0 Å². The first-order valence-corrected chi connectivity index (χ1v) is 8.64. The summed E-state index contributed by atoms with van der Waals surface area (Å²) in [6, 6.07) is 0.382. The van der Waals surface area contributed by atoms with Crippen LogP contribution in [-0.4, -0.2) is 65.8 Å². The van der Waals surface area contributed by atoms with Gasteiger partial charge in [-0.15, -0.1) is 0 Å². The smallest absolute Gasteiger partial charge is 0.173 e. The van der Waals surface area contributed by atoms with Gasteiger partial charge in [-0.05, 0) is 19.8 Å². The fourth-order valence-corrected chi connectivity index (χ4v) is 3.84. The lowest BCUT2D eigenvalue weighted by Crippen LogP contribution is -2.43. The van der Waals surface area contributed by atoms with E-state index in [0.29, 0.717) is 23.0 Å². The molecule has 1 unspecified atom stereocenters. The number of aliphatic hydroxyl groups is 3. The molecule has 1 aliphatic heterocycles. The molecule has 2 aromatic heterocycles. The zero-order chi connectivity index (χ0) is 17.6. The number of fused-ring (bicyclic) bond motifs is 1.